The van der Waals surface area contributed by atoms with Gasteiger partial charge in [-0.05, 0) is 76.0 Å². The first kappa shape index (κ1) is 22.4. The van der Waals surface area contributed by atoms with Crippen LogP contribution in [-0.2, 0) is 0 Å². The van der Waals surface area contributed by atoms with Gasteiger partial charge in [0.25, 0.3) is 0 Å². The summed E-state index contributed by atoms with van der Waals surface area (Å²) >= 11 is 0. The number of allylic oxidation sites excluding steroid dienone is 3. The fourth-order valence-electron chi connectivity index (χ4n) is 5.27. The van der Waals surface area contributed by atoms with E-state index in [1.54, 1.807) is 0 Å². The highest BCUT2D eigenvalue weighted by Gasteiger charge is 2.41. The van der Waals surface area contributed by atoms with Crippen LogP contribution < -0.4 is 0 Å². The Morgan fingerprint density at radius 2 is 1.94 bits per heavy atom. The van der Waals surface area contributed by atoms with E-state index in [1.165, 1.54) is 11.1 Å². The number of aliphatic hydroxyl groups is 1. The topological polar surface area (TPSA) is 63.3 Å². The van der Waals surface area contributed by atoms with Gasteiger partial charge in [-0.1, -0.05) is 25.2 Å². The van der Waals surface area contributed by atoms with Crippen molar-refractivity contribution in [2.75, 3.05) is 0 Å². The second kappa shape index (κ2) is 8.28. The van der Waals surface area contributed by atoms with Crippen LogP contribution in [0.25, 0.3) is 22.8 Å². The van der Waals surface area contributed by atoms with Crippen LogP contribution in [0.4, 0.5) is 0 Å². The standard InChI is InChI=1S/C27H34N4O/c1-8-16(3)24-18(5)25-19(6)28-23-13-17(4)30-31(23)26(25)29-22(24)12-10-11-20(9-2)21-14-27(7,32)15-21/h8-10,12-13,16,20-21,32H,1-2,11,14-15H2,3-7H3/b12-10+. The second-order valence-corrected chi connectivity index (χ2v) is 9.71. The van der Waals surface area contributed by atoms with E-state index in [4.69, 9.17) is 9.97 Å². The van der Waals surface area contributed by atoms with Crippen molar-refractivity contribution in [3.05, 3.63) is 65.7 Å². The number of fused-ring (bicyclic) bond motifs is 3. The van der Waals surface area contributed by atoms with E-state index < -0.39 is 5.60 Å². The van der Waals surface area contributed by atoms with Crippen molar-refractivity contribution in [2.45, 2.75) is 65.4 Å². The number of aryl methyl sites for hydroxylation is 3. The largest absolute Gasteiger partial charge is 0.390 e. The van der Waals surface area contributed by atoms with Crippen LogP contribution >= 0.6 is 0 Å². The number of rotatable bonds is 7. The first-order valence-electron chi connectivity index (χ1n) is 11.5. The summed E-state index contributed by atoms with van der Waals surface area (Å²) in [6.45, 7) is 18.3. The molecule has 1 N–H and O–H groups in total. The third-order valence-electron chi connectivity index (χ3n) is 6.97. The first-order chi connectivity index (χ1) is 15.1. The van der Waals surface area contributed by atoms with Gasteiger partial charge in [0.05, 0.1) is 22.7 Å². The minimum atomic E-state index is -0.515. The van der Waals surface area contributed by atoms with Crippen molar-refractivity contribution in [1.82, 2.24) is 19.6 Å². The van der Waals surface area contributed by atoms with Crippen LogP contribution in [0.2, 0.25) is 0 Å². The molecule has 0 spiro atoms. The van der Waals surface area contributed by atoms with Gasteiger partial charge in [-0.2, -0.15) is 9.61 Å². The molecule has 0 saturated heterocycles. The SMILES string of the molecule is C=CC(C)c1c(/C=C/CC(C=C)C2CC(C)(O)C2)nc2c(c(C)nc3cc(C)nn32)c1C. The number of hydrogen-bond acceptors (Lipinski definition) is 4. The normalized spacial score (nSPS) is 22.9. The van der Waals surface area contributed by atoms with E-state index in [9.17, 15) is 5.11 Å². The van der Waals surface area contributed by atoms with Crippen molar-refractivity contribution in [3.63, 3.8) is 0 Å². The molecule has 3 heterocycles. The fraction of sp³-hybridized carbons (Fsp3) is 0.444. The monoisotopic (exact) mass is 430 g/mol. The molecule has 5 nitrogen and oxygen atoms in total. The lowest BCUT2D eigenvalue weighted by atomic mass is 9.65. The van der Waals surface area contributed by atoms with E-state index >= 15 is 0 Å². The summed E-state index contributed by atoms with van der Waals surface area (Å²) in [5, 5.41) is 15.8. The molecular weight excluding hydrogens is 396 g/mol. The van der Waals surface area contributed by atoms with Gasteiger partial charge < -0.3 is 5.11 Å². The maximum Gasteiger partial charge on any atom is 0.165 e. The quantitative estimate of drug-likeness (QED) is 0.477. The molecule has 0 aliphatic heterocycles. The molecule has 32 heavy (non-hydrogen) atoms. The maximum absolute atomic E-state index is 10.1. The summed E-state index contributed by atoms with van der Waals surface area (Å²) in [5.74, 6) is 1.02. The van der Waals surface area contributed by atoms with E-state index in [1.807, 2.05) is 43.5 Å². The Morgan fingerprint density at radius 3 is 2.56 bits per heavy atom. The predicted octanol–water partition coefficient (Wildman–Crippen LogP) is 5.86. The Morgan fingerprint density at radius 1 is 1.22 bits per heavy atom. The zero-order valence-corrected chi connectivity index (χ0v) is 19.9. The zero-order chi connectivity index (χ0) is 23.2. The van der Waals surface area contributed by atoms with Gasteiger partial charge in [-0.25, -0.2) is 9.97 Å². The van der Waals surface area contributed by atoms with Crippen molar-refractivity contribution >= 4 is 22.8 Å². The minimum Gasteiger partial charge on any atom is -0.390 e. The molecule has 1 aliphatic rings. The summed E-state index contributed by atoms with van der Waals surface area (Å²) in [7, 11) is 0. The molecule has 4 rings (SSSR count). The number of hydrogen-bond donors (Lipinski definition) is 1. The number of nitrogens with zero attached hydrogens (tertiary/aromatic N) is 4. The number of aromatic nitrogens is 4. The Labute approximate surface area is 190 Å². The molecule has 2 unspecified atom stereocenters. The third-order valence-corrected chi connectivity index (χ3v) is 6.97. The fourth-order valence-corrected chi connectivity index (χ4v) is 5.27. The van der Waals surface area contributed by atoms with Gasteiger partial charge in [0.1, 0.15) is 0 Å². The summed E-state index contributed by atoms with van der Waals surface area (Å²) in [4.78, 5) is 9.86. The highest BCUT2D eigenvalue weighted by Crippen LogP contribution is 2.43. The molecule has 3 aromatic rings. The maximum atomic E-state index is 10.1. The third kappa shape index (κ3) is 3.90. The molecular formula is C27H34N4O. The van der Waals surface area contributed by atoms with E-state index in [2.05, 4.69) is 44.3 Å². The van der Waals surface area contributed by atoms with E-state index in [0.29, 0.717) is 11.8 Å². The lowest BCUT2D eigenvalue weighted by molar-refractivity contribution is -0.0694. The predicted molar refractivity (Wildman–Crippen MR) is 132 cm³/mol. The van der Waals surface area contributed by atoms with Crippen LogP contribution in [0, 0.1) is 32.6 Å². The molecule has 0 aromatic carbocycles. The Bertz CT molecular complexity index is 1230. The van der Waals surface area contributed by atoms with Crippen LogP contribution in [0.5, 0.6) is 0 Å². The number of pyridine rings is 1. The smallest absolute Gasteiger partial charge is 0.165 e. The first-order valence-corrected chi connectivity index (χ1v) is 11.5. The van der Waals surface area contributed by atoms with Crippen molar-refractivity contribution < 1.29 is 5.11 Å². The summed E-state index contributed by atoms with van der Waals surface area (Å²) < 4.78 is 1.85. The highest BCUT2D eigenvalue weighted by molar-refractivity contribution is 5.86. The average Bonchev–Trinajstić information content (AvgIpc) is 3.09. The van der Waals surface area contributed by atoms with E-state index in [0.717, 1.165) is 53.0 Å². The van der Waals surface area contributed by atoms with Crippen molar-refractivity contribution in [2.24, 2.45) is 11.8 Å². The van der Waals surface area contributed by atoms with Crippen LogP contribution in [-0.4, -0.2) is 30.3 Å². The molecule has 1 saturated carbocycles. The summed E-state index contributed by atoms with van der Waals surface area (Å²) in [6, 6.07) is 1.99. The minimum absolute atomic E-state index is 0.165. The Hall–Kier alpha value is -2.79. The van der Waals surface area contributed by atoms with Gasteiger partial charge in [-0.3, -0.25) is 0 Å². The second-order valence-electron chi connectivity index (χ2n) is 9.71. The Kier molecular flexibility index (Phi) is 5.80. The molecule has 0 bridgehead atoms. The van der Waals surface area contributed by atoms with Crippen molar-refractivity contribution in [3.8, 4) is 0 Å². The summed E-state index contributed by atoms with van der Waals surface area (Å²) in [5.41, 5.74) is 6.35. The van der Waals surface area contributed by atoms with E-state index in [-0.39, 0.29) is 5.92 Å². The van der Waals surface area contributed by atoms with Crippen LogP contribution in [0.3, 0.4) is 0 Å². The molecule has 0 radical (unpaired) electrons. The lowest BCUT2D eigenvalue weighted by Crippen LogP contribution is -2.43. The summed E-state index contributed by atoms with van der Waals surface area (Å²) in [6.07, 6.45) is 10.9. The molecule has 5 heteroatoms. The van der Waals surface area contributed by atoms with Gasteiger partial charge in [-0.15, -0.1) is 13.2 Å². The molecule has 1 aliphatic carbocycles. The molecule has 1 fully saturated rings. The van der Waals surface area contributed by atoms with Crippen LogP contribution in [0.1, 0.15) is 67.2 Å². The molecule has 2 atom stereocenters. The van der Waals surface area contributed by atoms with Gasteiger partial charge in [0.15, 0.2) is 11.3 Å². The zero-order valence-electron chi connectivity index (χ0n) is 19.9. The highest BCUT2D eigenvalue weighted by atomic mass is 16.3. The van der Waals surface area contributed by atoms with Gasteiger partial charge >= 0.3 is 0 Å². The van der Waals surface area contributed by atoms with Gasteiger partial charge in [0, 0.05) is 17.4 Å². The van der Waals surface area contributed by atoms with Crippen LogP contribution in [0.15, 0.2) is 37.5 Å². The van der Waals surface area contributed by atoms with Gasteiger partial charge in [0.2, 0.25) is 0 Å². The molecule has 168 valence electrons. The lowest BCUT2D eigenvalue weighted by Gasteiger charge is -2.44. The Balaban J connectivity index is 1.78. The van der Waals surface area contributed by atoms with Crippen molar-refractivity contribution in [1.29, 1.82) is 0 Å². The molecule has 0 amide bonds. The molecule has 3 aromatic heterocycles. The average molecular weight is 431 g/mol.